The molecule has 1 aliphatic carbocycles. The van der Waals surface area contributed by atoms with Crippen molar-refractivity contribution >= 4 is 6.03 Å². The van der Waals surface area contributed by atoms with Crippen LogP contribution < -0.4 is 5.32 Å². The molecule has 0 aromatic heterocycles. The van der Waals surface area contributed by atoms with Crippen LogP contribution in [0.15, 0.2) is 24.3 Å². The van der Waals surface area contributed by atoms with Crippen LogP contribution in [0.4, 0.5) is 4.79 Å². The predicted octanol–water partition coefficient (Wildman–Crippen LogP) is 2.87. The molecule has 2 fully saturated rings. The summed E-state index contributed by atoms with van der Waals surface area (Å²) in [6, 6.07) is 7.83. The maximum absolute atomic E-state index is 12.7. The molecule has 25 heavy (non-hydrogen) atoms. The van der Waals surface area contributed by atoms with Gasteiger partial charge in [-0.05, 0) is 25.8 Å². The summed E-state index contributed by atoms with van der Waals surface area (Å²) in [7, 11) is 0. The molecule has 3 rings (SSSR count). The van der Waals surface area contributed by atoms with Crippen molar-refractivity contribution in [2.75, 3.05) is 19.7 Å². The molecule has 4 unspecified atom stereocenters. The van der Waals surface area contributed by atoms with Crippen molar-refractivity contribution in [3.63, 3.8) is 0 Å². The van der Waals surface area contributed by atoms with Gasteiger partial charge in [-0.1, -0.05) is 43.7 Å². The second kappa shape index (κ2) is 6.96. The third-order valence-corrected chi connectivity index (χ3v) is 5.90. The molecule has 1 aromatic rings. The maximum atomic E-state index is 12.7. The number of nitrogens with one attached hydrogen (secondary N) is 1. The first-order valence-corrected chi connectivity index (χ1v) is 9.26. The first-order valence-electron chi connectivity index (χ1n) is 9.26. The van der Waals surface area contributed by atoms with Crippen molar-refractivity contribution in [2.45, 2.75) is 52.4 Å². The number of benzene rings is 1. The SMILES string of the molecule is CCN(CC(O)c1ccc(C)cc1)C(=O)NC1C2CCOC2C1(C)C. The lowest BCUT2D eigenvalue weighted by atomic mass is 9.57. The Balaban J connectivity index is 1.60. The quantitative estimate of drug-likeness (QED) is 0.862. The van der Waals surface area contributed by atoms with Crippen molar-refractivity contribution in [2.24, 2.45) is 11.3 Å². The zero-order valence-electron chi connectivity index (χ0n) is 15.7. The normalized spacial score (nSPS) is 28.0. The summed E-state index contributed by atoms with van der Waals surface area (Å²) in [5.41, 5.74) is 1.96. The molecule has 0 radical (unpaired) electrons. The van der Waals surface area contributed by atoms with E-state index in [1.54, 1.807) is 4.90 Å². The zero-order chi connectivity index (χ0) is 18.2. The van der Waals surface area contributed by atoms with Gasteiger partial charge in [-0.25, -0.2) is 4.79 Å². The van der Waals surface area contributed by atoms with Crippen molar-refractivity contribution in [1.29, 1.82) is 0 Å². The van der Waals surface area contributed by atoms with Gasteiger partial charge in [-0.15, -0.1) is 0 Å². The molecule has 2 aliphatic rings. The van der Waals surface area contributed by atoms with E-state index in [1.165, 1.54) is 0 Å². The topological polar surface area (TPSA) is 61.8 Å². The van der Waals surface area contributed by atoms with Gasteiger partial charge < -0.3 is 20.1 Å². The van der Waals surface area contributed by atoms with Crippen LogP contribution in [0, 0.1) is 18.3 Å². The Kier molecular flexibility index (Phi) is 5.07. The second-order valence-corrected chi connectivity index (χ2v) is 7.96. The maximum Gasteiger partial charge on any atom is 0.317 e. The third kappa shape index (κ3) is 3.40. The largest absolute Gasteiger partial charge is 0.387 e. The molecule has 4 atom stereocenters. The smallest absolute Gasteiger partial charge is 0.317 e. The number of urea groups is 1. The molecule has 0 bridgehead atoms. The fourth-order valence-electron chi connectivity index (χ4n) is 4.30. The molecular formula is C20H30N2O3. The van der Waals surface area contributed by atoms with E-state index >= 15 is 0 Å². The molecule has 1 heterocycles. The van der Waals surface area contributed by atoms with E-state index in [-0.39, 0.29) is 23.6 Å². The molecule has 1 aliphatic heterocycles. The summed E-state index contributed by atoms with van der Waals surface area (Å²) < 4.78 is 5.79. The summed E-state index contributed by atoms with van der Waals surface area (Å²) in [4.78, 5) is 14.4. The van der Waals surface area contributed by atoms with Gasteiger partial charge in [-0.2, -0.15) is 0 Å². The number of carbonyl (C=O) groups is 1. The van der Waals surface area contributed by atoms with Gasteiger partial charge in [0, 0.05) is 30.5 Å². The van der Waals surface area contributed by atoms with Gasteiger partial charge in [-0.3, -0.25) is 0 Å². The number of hydrogen-bond donors (Lipinski definition) is 2. The van der Waals surface area contributed by atoms with Gasteiger partial charge in [0.25, 0.3) is 0 Å². The number of aliphatic hydroxyl groups is 1. The van der Waals surface area contributed by atoms with E-state index in [0.29, 0.717) is 19.0 Å². The van der Waals surface area contributed by atoms with Gasteiger partial charge in [0.2, 0.25) is 0 Å². The molecule has 1 saturated carbocycles. The number of carbonyl (C=O) groups excluding carboxylic acids is 1. The zero-order valence-corrected chi connectivity index (χ0v) is 15.7. The Morgan fingerprint density at radius 3 is 2.72 bits per heavy atom. The second-order valence-electron chi connectivity index (χ2n) is 7.96. The Labute approximate surface area is 150 Å². The van der Waals surface area contributed by atoms with Crippen LogP contribution in [0.25, 0.3) is 0 Å². The van der Waals surface area contributed by atoms with E-state index in [4.69, 9.17) is 4.74 Å². The number of likely N-dealkylation sites (N-methyl/N-ethyl adjacent to an activating group) is 1. The number of ether oxygens (including phenoxy) is 1. The van der Waals surface area contributed by atoms with Crippen LogP contribution in [-0.2, 0) is 4.74 Å². The highest BCUT2D eigenvalue weighted by Crippen LogP contribution is 2.52. The molecule has 1 aromatic carbocycles. The van der Waals surface area contributed by atoms with Gasteiger partial charge in [0.15, 0.2) is 0 Å². The number of aryl methyl sites for hydroxylation is 1. The van der Waals surface area contributed by atoms with E-state index in [0.717, 1.165) is 24.2 Å². The molecule has 1 saturated heterocycles. The van der Waals surface area contributed by atoms with Crippen LogP contribution in [0.5, 0.6) is 0 Å². The summed E-state index contributed by atoms with van der Waals surface area (Å²) in [6.45, 7) is 9.91. The highest BCUT2D eigenvalue weighted by Gasteiger charge is 2.59. The molecule has 2 N–H and O–H groups in total. The number of amides is 2. The molecule has 2 amide bonds. The average Bonchev–Trinajstić information content (AvgIpc) is 3.05. The minimum Gasteiger partial charge on any atom is -0.387 e. The monoisotopic (exact) mass is 346 g/mol. The number of nitrogens with zero attached hydrogens (tertiary/aromatic N) is 1. The molecule has 0 spiro atoms. The first kappa shape index (κ1) is 18.2. The van der Waals surface area contributed by atoms with E-state index in [2.05, 4.69) is 19.2 Å². The summed E-state index contributed by atoms with van der Waals surface area (Å²) >= 11 is 0. The van der Waals surface area contributed by atoms with Gasteiger partial charge in [0.1, 0.15) is 0 Å². The lowest BCUT2D eigenvalue weighted by Crippen LogP contribution is -2.68. The van der Waals surface area contributed by atoms with Crippen LogP contribution in [0.2, 0.25) is 0 Å². The number of fused-ring (bicyclic) bond motifs is 1. The summed E-state index contributed by atoms with van der Waals surface area (Å²) in [5, 5.41) is 13.7. The van der Waals surface area contributed by atoms with Crippen LogP contribution in [0.1, 0.15) is 44.4 Å². The van der Waals surface area contributed by atoms with Crippen molar-refractivity contribution < 1.29 is 14.6 Å². The predicted molar refractivity (Wildman–Crippen MR) is 97.3 cm³/mol. The Morgan fingerprint density at radius 1 is 1.40 bits per heavy atom. The fraction of sp³-hybridized carbons (Fsp3) is 0.650. The van der Waals surface area contributed by atoms with E-state index in [9.17, 15) is 9.90 Å². The number of aliphatic hydroxyl groups excluding tert-OH is 1. The van der Waals surface area contributed by atoms with E-state index < -0.39 is 6.10 Å². The fourth-order valence-corrected chi connectivity index (χ4v) is 4.30. The summed E-state index contributed by atoms with van der Waals surface area (Å²) in [6.07, 6.45) is 0.589. The number of rotatable bonds is 5. The molecular weight excluding hydrogens is 316 g/mol. The lowest BCUT2D eigenvalue weighted by molar-refractivity contribution is -0.109. The van der Waals surface area contributed by atoms with Crippen molar-refractivity contribution in [1.82, 2.24) is 10.2 Å². The highest BCUT2D eigenvalue weighted by atomic mass is 16.5. The van der Waals surface area contributed by atoms with Crippen LogP contribution >= 0.6 is 0 Å². The Bertz CT molecular complexity index is 614. The molecule has 5 heteroatoms. The minimum atomic E-state index is -0.678. The molecule has 5 nitrogen and oxygen atoms in total. The highest BCUT2D eigenvalue weighted by molar-refractivity contribution is 5.75. The van der Waals surface area contributed by atoms with Crippen molar-refractivity contribution in [3.05, 3.63) is 35.4 Å². The Hall–Kier alpha value is -1.59. The van der Waals surface area contributed by atoms with E-state index in [1.807, 2.05) is 38.1 Å². The minimum absolute atomic E-state index is 0.0359. The first-order chi connectivity index (χ1) is 11.8. The van der Waals surface area contributed by atoms with Crippen LogP contribution in [-0.4, -0.2) is 47.9 Å². The standard InChI is InChI=1S/C20H30N2O3/c1-5-22(12-16(23)14-8-6-13(2)7-9-14)19(24)21-17-15-10-11-25-18(15)20(17,3)4/h6-9,15-18,23H,5,10-12H2,1-4H3,(H,21,24). The van der Waals surface area contributed by atoms with Crippen molar-refractivity contribution in [3.8, 4) is 0 Å². The van der Waals surface area contributed by atoms with Crippen LogP contribution in [0.3, 0.4) is 0 Å². The summed E-state index contributed by atoms with van der Waals surface area (Å²) in [5.74, 6) is 0.416. The van der Waals surface area contributed by atoms with Gasteiger partial charge >= 0.3 is 6.03 Å². The average molecular weight is 346 g/mol. The van der Waals surface area contributed by atoms with Gasteiger partial charge in [0.05, 0.1) is 18.8 Å². The molecule has 138 valence electrons. The lowest BCUT2D eigenvalue weighted by Gasteiger charge is -2.54. The Morgan fingerprint density at radius 2 is 2.08 bits per heavy atom. The third-order valence-electron chi connectivity index (χ3n) is 5.90. The number of hydrogen-bond acceptors (Lipinski definition) is 3.